The molecule has 0 spiro atoms. The van der Waals surface area contributed by atoms with Crippen LogP contribution in [0.25, 0.3) is 0 Å². The second-order valence-corrected chi connectivity index (χ2v) is 8.92. The van der Waals surface area contributed by atoms with Crippen molar-refractivity contribution in [2.24, 2.45) is 5.92 Å². The molecule has 4 nitrogen and oxygen atoms in total. The molecule has 0 saturated heterocycles. The maximum Gasteiger partial charge on any atom is 0.343 e. The van der Waals surface area contributed by atoms with Crippen molar-refractivity contribution in [1.29, 1.82) is 0 Å². The summed E-state index contributed by atoms with van der Waals surface area (Å²) in [7, 11) is 0. The van der Waals surface area contributed by atoms with Crippen molar-refractivity contribution in [3.63, 3.8) is 0 Å². The number of amides is 1. The number of carbonyl (C=O) groups excluding carboxylic acids is 2. The van der Waals surface area contributed by atoms with Gasteiger partial charge in [-0.2, -0.15) is 0 Å². The van der Waals surface area contributed by atoms with E-state index in [2.05, 4.69) is 26.0 Å². The van der Waals surface area contributed by atoms with Crippen molar-refractivity contribution in [2.75, 3.05) is 4.90 Å². The number of hydrogen-bond donors (Lipinski definition) is 0. The molecular weight excluding hydrogens is 434 g/mol. The molecule has 0 heterocycles. The molecule has 1 amide bonds. The highest BCUT2D eigenvalue weighted by molar-refractivity contribution is 6.06. The van der Waals surface area contributed by atoms with Gasteiger partial charge in [0.1, 0.15) is 5.75 Å². The summed E-state index contributed by atoms with van der Waals surface area (Å²) in [4.78, 5) is 28.0. The third kappa shape index (κ3) is 6.45. The molecule has 0 N–H and O–H groups in total. The lowest BCUT2D eigenvalue weighted by Crippen LogP contribution is -2.30. The third-order valence-electron chi connectivity index (χ3n) is 5.61. The number of anilines is 1. The first-order valence-corrected chi connectivity index (χ1v) is 11.8. The van der Waals surface area contributed by atoms with Crippen molar-refractivity contribution in [2.45, 2.75) is 26.8 Å². The van der Waals surface area contributed by atoms with Crippen molar-refractivity contribution < 1.29 is 14.3 Å². The average Bonchev–Trinajstić information content (AvgIpc) is 2.88. The lowest BCUT2D eigenvalue weighted by atomic mass is 10.0. The molecule has 0 aliphatic carbocycles. The van der Waals surface area contributed by atoms with Gasteiger partial charge in [-0.25, -0.2) is 4.79 Å². The molecule has 35 heavy (non-hydrogen) atoms. The number of esters is 1. The van der Waals surface area contributed by atoms with E-state index in [1.54, 1.807) is 29.2 Å². The molecule has 0 fully saturated rings. The van der Waals surface area contributed by atoms with Crippen molar-refractivity contribution >= 4 is 17.6 Å². The Balaban J connectivity index is 1.60. The first-order chi connectivity index (χ1) is 17.0. The smallest absolute Gasteiger partial charge is 0.343 e. The van der Waals surface area contributed by atoms with Crippen LogP contribution in [0.3, 0.4) is 0 Å². The Labute approximate surface area is 206 Å². The molecule has 0 unspecified atom stereocenters. The Morgan fingerprint density at radius 1 is 0.714 bits per heavy atom. The van der Waals surface area contributed by atoms with Crippen LogP contribution in [0.4, 0.5) is 5.69 Å². The Kier molecular flexibility index (Phi) is 7.74. The summed E-state index contributed by atoms with van der Waals surface area (Å²) in [5.41, 5.74) is 3.93. The summed E-state index contributed by atoms with van der Waals surface area (Å²) in [5, 5.41) is 0. The molecule has 4 aromatic carbocycles. The minimum Gasteiger partial charge on any atom is -0.423 e. The van der Waals surface area contributed by atoms with Gasteiger partial charge >= 0.3 is 5.97 Å². The van der Waals surface area contributed by atoms with Crippen LogP contribution in [0.15, 0.2) is 109 Å². The SMILES string of the molecule is CC(C)Cc1ccc(N(Cc2cccc(C(=O)Oc3ccccc3)c2)C(=O)c2ccccc2)cc1. The Hall–Kier alpha value is -4.18. The summed E-state index contributed by atoms with van der Waals surface area (Å²) in [6, 6.07) is 33.6. The van der Waals surface area contributed by atoms with Crippen LogP contribution in [-0.4, -0.2) is 11.9 Å². The Morgan fingerprint density at radius 2 is 1.34 bits per heavy atom. The molecular formula is C31H29NO3. The minimum absolute atomic E-state index is 0.0977. The second-order valence-electron chi connectivity index (χ2n) is 8.92. The van der Waals surface area contributed by atoms with E-state index in [0.29, 0.717) is 29.3 Å². The van der Waals surface area contributed by atoms with Crippen molar-refractivity contribution in [3.05, 3.63) is 131 Å². The molecule has 0 saturated carbocycles. The van der Waals surface area contributed by atoms with E-state index >= 15 is 0 Å². The molecule has 176 valence electrons. The fraction of sp³-hybridized carbons (Fsp3) is 0.161. The first-order valence-electron chi connectivity index (χ1n) is 11.8. The summed E-state index contributed by atoms with van der Waals surface area (Å²) in [6.45, 7) is 4.70. The van der Waals surface area contributed by atoms with Crippen LogP contribution in [0.1, 0.15) is 45.7 Å². The minimum atomic E-state index is -0.433. The van der Waals surface area contributed by atoms with E-state index < -0.39 is 5.97 Å². The van der Waals surface area contributed by atoms with E-state index in [1.165, 1.54) is 5.56 Å². The van der Waals surface area contributed by atoms with Crippen LogP contribution in [0, 0.1) is 5.92 Å². The largest absolute Gasteiger partial charge is 0.423 e. The van der Waals surface area contributed by atoms with Gasteiger partial charge in [-0.15, -0.1) is 0 Å². The van der Waals surface area contributed by atoms with Crippen LogP contribution in [0.2, 0.25) is 0 Å². The highest BCUT2D eigenvalue weighted by Crippen LogP contribution is 2.23. The molecule has 0 aliphatic rings. The van der Waals surface area contributed by atoms with Gasteiger partial charge in [-0.3, -0.25) is 4.79 Å². The molecule has 4 aromatic rings. The van der Waals surface area contributed by atoms with Gasteiger partial charge in [-0.05, 0) is 72.0 Å². The monoisotopic (exact) mass is 463 g/mol. The van der Waals surface area contributed by atoms with Gasteiger partial charge in [0, 0.05) is 11.3 Å². The standard InChI is InChI=1S/C31H29NO3/c1-23(2)20-24-16-18-28(19-17-24)32(30(33)26-11-5-3-6-12-26)22-25-10-9-13-27(21-25)31(34)35-29-14-7-4-8-15-29/h3-19,21,23H,20,22H2,1-2H3. The highest BCUT2D eigenvalue weighted by atomic mass is 16.5. The average molecular weight is 464 g/mol. The van der Waals surface area contributed by atoms with E-state index in [4.69, 9.17) is 4.74 Å². The van der Waals surface area contributed by atoms with Gasteiger partial charge in [-0.1, -0.05) is 74.5 Å². The molecule has 4 rings (SSSR count). The third-order valence-corrected chi connectivity index (χ3v) is 5.61. The van der Waals surface area contributed by atoms with Gasteiger partial charge < -0.3 is 9.64 Å². The number of carbonyl (C=O) groups is 2. The number of nitrogens with zero attached hydrogens (tertiary/aromatic N) is 1. The normalized spacial score (nSPS) is 10.7. The van der Waals surface area contributed by atoms with Gasteiger partial charge in [0.05, 0.1) is 12.1 Å². The number of ether oxygens (including phenoxy) is 1. The van der Waals surface area contributed by atoms with Gasteiger partial charge in [0.15, 0.2) is 0 Å². The molecule has 4 heteroatoms. The van der Waals surface area contributed by atoms with Gasteiger partial charge in [0.25, 0.3) is 5.91 Å². The fourth-order valence-electron chi connectivity index (χ4n) is 3.93. The summed E-state index contributed by atoms with van der Waals surface area (Å²) in [6.07, 6.45) is 0.985. The summed E-state index contributed by atoms with van der Waals surface area (Å²) < 4.78 is 5.49. The lowest BCUT2D eigenvalue weighted by Gasteiger charge is -2.24. The zero-order valence-electron chi connectivity index (χ0n) is 20.1. The van der Waals surface area contributed by atoms with Crippen molar-refractivity contribution in [3.8, 4) is 5.75 Å². The second kappa shape index (κ2) is 11.3. The van der Waals surface area contributed by atoms with Crippen LogP contribution < -0.4 is 9.64 Å². The quantitative estimate of drug-likeness (QED) is 0.210. The first kappa shape index (κ1) is 24.0. The van der Waals surface area contributed by atoms with Crippen molar-refractivity contribution in [1.82, 2.24) is 0 Å². The zero-order chi connectivity index (χ0) is 24.6. The predicted octanol–water partition coefficient (Wildman–Crippen LogP) is 6.95. The molecule has 0 atom stereocenters. The van der Waals surface area contributed by atoms with E-state index in [9.17, 15) is 9.59 Å². The summed E-state index contributed by atoms with van der Waals surface area (Å²) in [5.74, 6) is 0.517. The molecule has 0 aliphatic heterocycles. The lowest BCUT2D eigenvalue weighted by molar-refractivity contribution is 0.0734. The van der Waals surface area contributed by atoms with Crippen LogP contribution in [-0.2, 0) is 13.0 Å². The maximum atomic E-state index is 13.5. The fourth-order valence-corrected chi connectivity index (χ4v) is 3.93. The summed E-state index contributed by atoms with van der Waals surface area (Å²) >= 11 is 0. The number of benzene rings is 4. The topological polar surface area (TPSA) is 46.6 Å². The van der Waals surface area contributed by atoms with Crippen LogP contribution in [0.5, 0.6) is 5.75 Å². The van der Waals surface area contributed by atoms with E-state index in [1.807, 2.05) is 72.8 Å². The van der Waals surface area contributed by atoms with E-state index in [-0.39, 0.29) is 5.91 Å². The highest BCUT2D eigenvalue weighted by Gasteiger charge is 2.19. The van der Waals surface area contributed by atoms with E-state index in [0.717, 1.165) is 17.7 Å². The number of hydrogen-bond acceptors (Lipinski definition) is 3. The molecule has 0 bridgehead atoms. The maximum absolute atomic E-state index is 13.5. The number of rotatable bonds is 8. The molecule has 0 aromatic heterocycles. The van der Waals surface area contributed by atoms with Gasteiger partial charge in [0.2, 0.25) is 0 Å². The number of para-hydroxylation sites is 1. The van der Waals surface area contributed by atoms with Crippen LogP contribution >= 0.6 is 0 Å². The predicted molar refractivity (Wildman–Crippen MR) is 140 cm³/mol. The Bertz CT molecular complexity index is 1270. The molecule has 0 radical (unpaired) electrons. The zero-order valence-corrected chi connectivity index (χ0v) is 20.1. The Morgan fingerprint density at radius 3 is 2.00 bits per heavy atom.